The van der Waals surface area contributed by atoms with Gasteiger partial charge in [0, 0.05) is 28.8 Å². The third-order valence-corrected chi connectivity index (χ3v) is 6.34. The normalized spacial score (nSPS) is 18.5. The first-order chi connectivity index (χ1) is 15.9. The smallest absolute Gasteiger partial charge is 0.387 e. The monoisotopic (exact) mass is 518 g/mol. The number of carbonyl (C=O) groups is 1. The molecule has 0 bridgehead atoms. The van der Waals surface area contributed by atoms with Crippen LogP contribution in [0.5, 0.6) is 5.75 Å². The number of nitrogens with one attached hydrogen (secondary N) is 1. The van der Waals surface area contributed by atoms with Crippen molar-refractivity contribution < 1.29 is 23.0 Å². The van der Waals surface area contributed by atoms with Crippen LogP contribution in [0.2, 0.25) is 0 Å². The van der Waals surface area contributed by atoms with Crippen LogP contribution in [0, 0.1) is 0 Å². The van der Waals surface area contributed by atoms with E-state index in [1.807, 2.05) is 28.8 Å². The molecule has 172 valence electrons. The van der Waals surface area contributed by atoms with E-state index in [0.717, 1.165) is 11.0 Å². The van der Waals surface area contributed by atoms with Crippen molar-refractivity contribution in [3.63, 3.8) is 0 Å². The molecule has 0 radical (unpaired) electrons. The number of carbonyl (C=O) groups excluding carboxylic acids is 1. The number of hydrogen-bond donors (Lipinski definition) is 1. The molecule has 2 aliphatic rings. The summed E-state index contributed by atoms with van der Waals surface area (Å²) in [5.74, 6) is 0.351. The lowest BCUT2D eigenvalue weighted by Crippen LogP contribution is -2.44. The lowest BCUT2D eigenvalue weighted by Gasteiger charge is -2.35. The number of rotatable bonds is 4. The minimum atomic E-state index is -3.01. The lowest BCUT2D eigenvalue weighted by atomic mass is 9.93. The second-order valence-electron chi connectivity index (χ2n) is 7.83. The highest BCUT2D eigenvalue weighted by atomic mass is 79.9. The molecular formula is C23H21BrF2N4O3. The topological polar surface area (TPSA) is 68.6 Å². The molecule has 1 fully saturated rings. The van der Waals surface area contributed by atoms with E-state index in [0.29, 0.717) is 53.6 Å². The van der Waals surface area contributed by atoms with Gasteiger partial charge in [-0.2, -0.15) is 8.78 Å². The Bertz CT molecular complexity index is 1250. The van der Waals surface area contributed by atoms with E-state index in [9.17, 15) is 13.6 Å². The second-order valence-corrected chi connectivity index (χ2v) is 8.74. The zero-order valence-corrected chi connectivity index (χ0v) is 19.3. The van der Waals surface area contributed by atoms with E-state index in [2.05, 4.69) is 26.2 Å². The molecule has 0 spiro atoms. The van der Waals surface area contributed by atoms with Crippen molar-refractivity contribution in [3.05, 3.63) is 63.8 Å². The van der Waals surface area contributed by atoms with E-state index in [1.54, 1.807) is 24.0 Å². The van der Waals surface area contributed by atoms with Crippen LogP contribution in [0.1, 0.15) is 18.5 Å². The molecule has 2 aromatic carbocycles. The predicted octanol–water partition coefficient (Wildman–Crippen LogP) is 4.55. The number of halogens is 3. The summed E-state index contributed by atoms with van der Waals surface area (Å²) in [6.07, 6.45) is 0. The van der Waals surface area contributed by atoms with Crippen molar-refractivity contribution in [3.8, 4) is 5.75 Å². The van der Waals surface area contributed by atoms with E-state index in [1.165, 1.54) is 6.07 Å². The Balaban J connectivity index is 1.74. The van der Waals surface area contributed by atoms with Gasteiger partial charge in [-0.3, -0.25) is 9.36 Å². The van der Waals surface area contributed by atoms with Crippen LogP contribution >= 0.6 is 15.9 Å². The third kappa shape index (κ3) is 3.97. The van der Waals surface area contributed by atoms with Gasteiger partial charge in [0.25, 0.3) is 5.91 Å². The number of aromatic nitrogens is 2. The minimum Gasteiger partial charge on any atom is -0.434 e. The van der Waals surface area contributed by atoms with Crippen LogP contribution in [0.15, 0.2) is 58.2 Å². The Morgan fingerprint density at radius 3 is 2.76 bits per heavy atom. The minimum absolute atomic E-state index is 0.00362. The molecule has 10 heteroatoms. The average molecular weight is 519 g/mol. The van der Waals surface area contributed by atoms with Crippen LogP contribution < -0.4 is 10.1 Å². The number of ether oxygens (including phenoxy) is 2. The number of fused-ring (bicyclic) bond motifs is 3. The standard InChI is InChI=1S/C23H21BrF2N4O3/c1-13-19(21(31)29-8-10-32-11-9-29)20(15-12-14(24)6-7-18(15)33-22(25)26)30-17-5-3-2-4-16(17)28-23(30)27-13/h2-7,12,20,22H,8-11H2,1H3,(H,27,28)/t20-/m0/s1. The second kappa shape index (κ2) is 8.75. The third-order valence-electron chi connectivity index (χ3n) is 5.84. The summed E-state index contributed by atoms with van der Waals surface area (Å²) in [5, 5.41) is 3.25. The molecule has 3 heterocycles. The van der Waals surface area contributed by atoms with Gasteiger partial charge in [0.15, 0.2) is 0 Å². The molecule has 33 heavy (non-hydrogen) atoms. The molecule has 1 N–H and O–H groups in total. The number of hydrogen-bond acceptors (Lipinski definition) is 5. The number of imidazole rings is 1. The number of anilines is 1. The van der Waals surface area contributed by atoms with Crippen molar-refractivity contribution in [2.75, 3.05) is 31.6 Å². The maximum atomic E-state index is 13.8. The Morgan fingerprint density at radius 2 is 2.00 bits per heavy atom. The first-order valence-corrected chi connectivity index (χ1v) is 11.3. The van der Waals surface area contributed by atoms with Crippen LogP contribution in [-0.2, 0) is 9.53 Å². The van der Waals surface area contributed by atoms with Crippen molar-refractivity contribution in [2.24, 2.45) is 0 Å². The van der Waals surface area contributed by atoms with Crippen LogP contribution in [0.4, 0.5) is 14.7 Å². The fourth-order valence-electron chi connectivity index (χ4n) is 4.41. The predicted molar refractivity (Wildman–Crippen MR) is 122 cm³/mol. The summed E-state index contributed by atoms with van der Waals surface area (Å²) in [6.45, 7) is 0.610. The summed E-state index contributed by atoms with van der Waals surface area (Å²) in [7, 11) is 0. The highest BCUT2D eigenvalue weighted by molar-refractivity contribution is 9.10. The number of benzene rings is 2. The Labute approximate surface area is 197 Å². The Hall–Kier alpha value is -2.98. The maximum Gasteiger partial charge on any atom is 0.387 e. The number of amides is 1. The fraction of sp³-hybridized carbons (Fsp3) is 0.304. The van der Waals surface area contributed by atoms with Crippen LogP contribution in [-0.4, -0.2) is 53.3 Å². The van der Waals surface area contributed by atoms with Gasteiger partial charge in [-0.15, -0.1) is 0 Å². The molecule has 0 aliphatic carbocycles. The highest BCUT2D eigenvalue weighted by Crippen LogP contribution is 2.43. The number of morpholine rings is 1. The molecule has 1 saturated heterocycles. The molecular weight excluding hydrogens is 498 g/mol. The quantitative estimate of drug-likeness (QED) is 0.548. The molecule has 3 aromatic rings. The van der Waals surface area contributed by atoms with Gasteiger partial charge in [-0.1, -0.05) is 28.1 Å². The summed E-state index contributed by atoms with van der Waals surface area (Å²) in [4.78, 5) is 20.2. The molecule has 1 amide bonds. The van der Waals surface area contributed by atoms with Gasteiger partial charge in [0.2, 0.25) is 5.95 Å². The van der Waals surface area contributed by atoms with Crippen LogP contribution in [0.25, 0.3) is 11.0 Å². The molecule has 2 aliphatic heterocycles. The number of alkyl halides is 2. The largest absolute Gasteiger partial charge is 0.434 e. The van der Waals surface area contributed by atoms with Gasteiger partial charge in [0.05, 0.1) is 35.9 Å². The van der Waals surface area contributed by atoms with E-state index < -0.39 is 12.7 Å². The summed E-state index contributed by atoms with van der Waals surface area (Å²) in [6, 6.07) is 11.6. The molecule has 1 aromatic heterocycles. The molecule has 0 unspecified atom stereocenters. The number of nitrogens with zero attached hydrogens (tertiary/aromatic N) is 3. The van der Waals surface area contributed by atoms with Gasteiger partial charge in [-0.25, -0.2) is 4.98 Å². The molecule has 1 atom stereocenters. The van der Waals surface area contributed by atoms with Gasteiger partial charge >= 0.3 is 6.61 Å². The Kier molecular flexibility index (Phi) is 5.79. The van der Waals surface area contributed by atoms with Gasteiger partial charge < -0.3 is 19.7 Å². The van der Waals surface area contributed by atoms with Crippen molar-refractivity contribution in [1.82, 2.24) is 14.5 Å². The van der Waals surface area contributed by atoms with E-state index in [-0.39, 0.29) is 11.7 Å². The van der Waals surface area contributed by atoms with Crippen LogP contribution in [0.3, 0.4) is 0 Å². The highest BCUT2D eigenvalue weighted by Gasteiger charge is 2.38. The van der Waals surface area contributed by atoms with Gasteiger partial charge in [-0.05, 0) is 37.3 Å². The number of para-hydroxylation sites is 2. The first-order valence-electron chi connectivity index (χ1n) is 10.5. The molecule has 7 nitrogen and oxygen atoms in total. The van der Waals surface area contributed by atoms with Crippen molar-refractivity contribution >= 4 is 38.8 Å². The average Bonchev–Trinajstić information content (AvgIpc) is 3.17. The summed E-state index contributed by atoms with van der Waals surface area (Å²) < 4.78 is 39.5. The van der Waals surface area contributed by atoms with Gasteiger partial charge in [0.1, 0.15) is 5.75 Å². The SMILES string of the molecule is CC1=C(C(=O)N2CCOCC2)[C@H](c2cc(Br)ccc2OC(F)F)n2c(nc3ccccc32)N1. The fourth-order valence-corrected chi connectivity index (χ4v) is 4.79. The number of allylic oxidation sites excluding steroid dienone is 1. The van der Waals surface area contributed by atoms with Crippen molar-refractivity contribution in [2.45, 2.75) is 19.6 Å². The zero-order chi connectivity index (χ0) is 23.1. The van der Waals surface area contributed by atoms with Crippen molar-refractivity contribution in [1.29, 1.82) is 0 Å². The Morgan fingerprint density at radius 1 is 1.24 bits per heavy atom. The van der Waals surface area contributed by atoms with E-state index >= 15 is 0 Å². The summed E-state index contributed by atoms with van der Waals surface area (Å²) in [5.41, 5.74) is 3.00. The summed E-state index contributed by atoms with van der Waals surface area (Å²) >= 11 is 3.45. The molecule has 0 saturated carbocycles. The lowest BCUT2D eigenvalue weighted by molar-refractivity contribution is -0.131. The first kappa shape index (κ1) is 21.8. The maximum absolute atomic E-state index is 13.8. The zero-order valence-electron chi connectivity index (χ0n) is 17.7. The van der Waals surface area contributed by atoms with E-state index in [4.69, 9.17) is 9.47 Å². The molecule has 5 rings (SSSR count).